The van der Waals surface area contributed by atoms with Gasteiger partial charge in [-0.05, 0) is 51.4 Å². The molecule has 0 N–H and O–H groups in total. The summed E-state index contributed by atoms with van der Waals surface area (Å²) in [6, 6.07) is 0. The third-order valence-electron chi connectivity index (χ3n) is 3.87. The van der Waals surface area contributed by atoms with Crippen molar-refractivity contribution in [3.8, 4) is 0 Å². The van der Waals surface area contributed by atoms with Crippen LogP contribution in [0.1, 0.15) is 63.5 Å². The van der Waals surface area contributed by atoms with E-state index >= 15 is 0 Å². The molecule has 24 heavy (non-hydrogen) atoms. The minimum atomic E-state index is -0.343. The van der Waals surface area contributed by atoms with Crippen LogP contribution in [0.4, 0.5) is 0 Å². The number of esters is 2. The lowest BCUT2D eigenvalue weighted by Crippen LogP contribution is -2.39. The van der Waals surface area contributed by atoms with Gasteiger partial charge in [0.1, 0.15) is 0 Å². The minimum Gasteiger partial charge on any atom is -0.466 e. The molecule has 0 bridgehead atoms. The number of rotatable bonds is 12. The number of carbonyl (C=O) groups is 2. The normalized spacial score (nSPS) is 10.8. The number of unbranched alkanes of at least 4 members (excludes halogenated alkanes) is 4. The molecule has 6 heteroatoms. The molecule has 0 heterocycles. The molecule has 0 aliphatic heterocycles. The van der Waals surface area contributed by atoms with Gasteiger partial charge in [-0.2, -0.15) is 0 Å². The molecular weight excluding hydrogens is 312 g/mol. The fourth-order valence-corrected chi connectivity index (χ4v) is 2.61. The summed E-state index contributed by atoms with van der Waals surface area (Å²) in [5, 5.41) is 0. The van der Waals surface area contributed by atoms with Gasteiger partial charge in [0.15, 0.2) is 0 Å². The van der Waals surface area contributed by atoms with Gasteiger partial charge in [0, 0.05) is 25.0 Å². The first-order valence-corrected chi connectivity index (χ1v) is 8.51. The molecule has 0 aliphatic rings. The molecule has 0 spiro atoms. The molecule has 0 amide bonds. The van der Waals surface area contributed by atoms with Gasteiger partial charge in [0.05, 0.1) is 13.2 Å². The predicted octanol–water partition coefficient (Wildman–Crippen LogP) is 1.83. The summed E-state index contributed by atoms with van der Waals surface area (Å²) in [7, 11) is 0. The molecule has 0 aromatic heterocycles. The fraction of sp³-hybridized carbons (Fsp3) is 0.667. The Balaban J connectivity index is 2.23. The van der Waals surface area contributed by atoms with Crippen LogP contribution in [0.3, 0.4) is 0 Å². The van der Waals surface area contributed by atoms with Crippen LogP contribution in [-0.4, -0.2) is 25.2 Å². The van der Waals surface area contributed by atoms with Gasteiger partial charge in [-0.1, -0.05) is 0 Å². The summed E-state index contributed by atoms with van der Waals surface area (Å²) < 4.78 is 9.69. The highest BCUT2D eigenvalue weighted by atomic mass is 16.5. The van der Waals surface area contributed by atoms with Gasteiger partial charge in [-0.3, -0.25) is 19.2 Å². The molecule has 0 fully saturated rings. The topological polar surface area (TPSA) is 86.7 Å². The first-order chi connectivity index (χ1) is 11.4. The summed E-state index contributed by atoms with van der Waals surface area (Å²) >= 11 is 0. The van der Waals surface area contributed by atoms with E-state index in [1.54, 1.807) is 0 Å². The van der Waals surface area contributed by atoms with Crippen molar-refractivity contribution in [2.75, 3.05) is 13.2 Å². The molecule has 1 aromatic carbocycles. The Bertz CT molecular complexity index is 556. The van der Waals surface area contributed by atoms with Crippen LogP contribution < -0.4 is 10.9 Å². The monoisotopic (exact) mass is 338 g/mol. The van der Waals surface area contributed by atoms with Crippen molar-refractivity contribution in [2.45, 2.75) is 65.2 Å². The Hall–Kier alpha value is -1.98. The van der Waals surface area contributed by atoms with E-state index in [4.69, 9.17) is 9.47 Å². The predicted molar refractivity (Wildman–Crippen MR) is 89.7 cm³/mol. The quantitative estimate of drug-likeness (QED) is 0.328. The Morgan fingerprint density at radius 1 is 0.667 bits per heavy atom. The SMILES string of the molecule is CC(=O)OCCCCCc1c(CCCCCOC(C)=O)c(=O)c1=O. The standard InChI is InChI=1S/C18H26O6/c1-13(19)23-11-7-3-5-9-15-16(18(22)17(15)21)10-6-4-8-12-24-14(2)20/h3-12H2,1-2H3. The smallest absolute Gasteiger partial charge is 0.302 e. The maximum Gasteiger partial charge on any atom is 0.302 e. The molecule has 0 atom stereocenters. The average molecular weight is 338 g/mol. The Labute approximate surface area is 141 Å². The summed E-state index contributed by atoms with van der Waals surface area (Å²) in [6.07, 6.45) is 6.10. The molecule has 1 aromatic rings. The van der Waals surface area contributed by atoms with E-state index in [0.717, 1.165) is 38.5 Å². The van der Waals surface area contributed by atoms with E-state index in [1.807, 2.05) is 0 Å². The molecule has 1 rings (SSSR count). The zero-order chi connectivity index (χ0) is 17.9. The lowest BCUT2D eigenvalue weighted by Gasteiger charge is -2.11. The van der Waals surface area contributed by atoms with E-state index in [0.29, 0.717) is 37.2 Å². The van der Waals surface area contributed by atoms with E-state index in [-0.39, 0.29) is 22.8 Å². The lowest BCUT2D eigenvalue weighted by molar-refractivity contribution is -0.142. The van der Waals surface area contributed by atoms with Crippen LogP contribution in [0.25, 0.3) is 0 Å². The van der Waals surface area contributed by atoms with Gasteiger partial charge in [0.2, 0.25) is 10.9 Å². The van der Waals surface area contributed by atoms with Crippen molar-refractivity contribution in [1.82, 2.24) is 0 Å². The first-order valence-electron chi connectivity index (χ1n) is 8.51. The Morgan fingerprint density at radius 2 is 1.04 bits per heavy atom. The third-order valence-corrected chi connectivity index (χ3v) is 3.87. The van der Waals surface area contributed by atoms with Crippen molar-refractivity contribution in [1.29, 1.82) is 0 Å². The van der Waals surface area contributed by atoms with Crippen molar-refractivity contribution in [3.05, 3.63) is 31.6 Å². The Kier molecular flexibility index (Phi) is 8.97. The molecule has 6 nitrogen and oxygen atoms in total. The zero-order valence-corrected chi connectivity index (χ0v) is 14.5. The number of carbonyl (C=O) groups excluding carboxylic acids is 2. The number of ether oxygens (including phenoxy) is 2. The van der Waals surface area contributed by atoms with Gasteiger partial charge >= 0.3 is 11.9 Å². The molecule has 0 radical (unpaired) electrons. The van der Waals surface area contributed by atoms with Crippen molar-refractivity contribution < 1.29 is 19.1 Å². The molecule has 0 saturated carbocycles. The van der Waals surface area contributed by atoms with Crippen molar-refractivity contribution in [2.24, 2.45) is 0 Å². The van der Waals surface area contributed by atoms with Crippen LogP contribution in [0.15, 0.2) is 9.59 Å². The van der Waals surface area contributed by atoms with Crippen LogP contribution in [-0.2, 0) is 31.9 Å². The molecule has 0 saturated heterocycles. The minimum absolute atomic E-state index is 0.284. The van der Waals surface area contributed by atoms with Gasteiger partial charge < -0.3 is 9.47 Å². The highest BCUT2D eigenvalue weighted by Crippen LogP contribution is 2.11. The van der Waals surface area contributed by atoms with E-state index in [9.17, 15) is 19.2 Å². The van der Waals surface area contributed by atoms with Gasteiger partial charge in [-0.15, -0.1) is 0 Å². The molecular formula is C18H26O6. The van der Waals surface area contributed by atoms with Crippen LogP contribution in [0.5, 0.6) is 0 Å². The summed E-state index contributed by atoms with van der Waals surface area (Å²) in [6.45, 7) is 3.55. The second kappa shape index (κ2) is 10.7. The average Bonchev–Trinajstić information content (AvgIpc) is 2.53. The molecule has 0 unspecified atom stereocenters. The lowest BCUT2D eigenvalue weighted by atomic mass is 9.92. The second-order valence-corrected chi connectivity index (χ2v) is 5.92. The largest absolute Gasteiger partial charge is 0.466 e. The molecule has 134 valence electrons. The van der Waals surface area contributed by atoms with E-state index in [1.165, 1.54) is 13.8 Å². The molecule has 0 aliphatic carbocycles. The highest BCUT2D eigenvalue weighted by Gasteiger charge is 2.19. The van der Waals surface area contributed by atoms with Crippen LogP contribution >= 0.6 is 0 Å². The van der Waals surface area contributed by atoms with E-state index in [2.05, 4.69) is 0 Å². The van der Waals surface area contributed by atoms with Crippen molar-refractivity contribution >= 4 is 11.9 Å². The van der Waals surface area contributed by atoms with Gasteiger partial charge in [0.25, 0.3) is 0 Å². The van der Waals surface area contributed by atoms with Crippen molar-refractivity contribution in [3.63, 3.8) is 0 Å². The maximum absolute atomic E-state index is 11.7. The number of hydrogen-bond donors (Lipinski definition) is 0. The third kappa shape index (κ3) is 7.06. The van der Waals surface area contributed by atoms with E-state index < -0.39 is 0 Å². The maximum atomic E-state index is 11.7. The highest BCUT2D eigenvalue weighted by molar-refractivity contribution is 5.66. The summed E-state index contributed by atoms with van der Waals surface area (Å²) in [4.78, 5) is 44.6. The summed E-state index contributed by atoms with van der Waals surface area (Å²) in [5.74, 6) is -0.568. The zero-order valence-electron chi connectivity index (χ0n) is 14.5. The van der Waals surface area contributed by atoms with Crippen LogP contribution in [0, 0.1) is 0 Å². The summed E-state index contributed by atoms with van der Waals surface area (Å²) in [5.41, 5.74) is 0.662. The Morgan fingerprint density at radius 3 is 1.38 bits per heavy atom. The second-order valence-electron chi connectivity index (χ2n) is 5.92. The fourth-order valence-electron chi connectivity index (χ4n) is 2.61. The van der Waals surface area contributed by atoms with Gasteiger partial charge in [-0.25, -0.2) is 0 Å². The first kappa shape index (κ1) is 20.1. The number of hydrogen-bond acceptors (Lipinski definition) is 6. The van der Waals surface area contributed by atoms with Crippen LogP contribution in [0.2, 0.25) is 0 Å².